The molecule has 0 aliphatic heterocycles. The Labute approximate surface area is 204 Å². The van der Waals surface area contributed by atoms with Crippen molar-refractivity contribution in [3.63, 3.8) is 0 Å². The molecular weight excluding hydrogens is 488 g/mol. The molecule has 0 spiro atoms. The topological polar surface area (TPSA) is 125 Å². The Hall–Kier alpha value is -3.67. The molecule has 36 heavy (non-hydrogen) atoms. The van der Waals surface area contributed by atoms with E-state index in [1.54, 1.807) is 51.1 Å². The molecule has 0 heterocycles. The number of aliphatic hydroxyl groups is 1. The lowest BCUT2D eigenvalue weighted by atomic mass is 9.99. The number of alkyl carbamates (subject to hydrolysis) is 1. The quantitative estimate of drug-likeness (QED) is 0.399. The van der Waals surface area contributed by atoms with E-state index < -0.39 is 64.9 Å². The number of carboxylic acids is 1. The van der Waals surface area contributed by atoms with Gasteiger partial charge in [0.25, 0.3) is 5.91 Å². The van der Waals surface area contributed by atoms with Crippen molar-refractivity contribution in [3.8, 4) is 0 Å². The third-order valence-corrected chi connectivity index (χ3v) is 4.76. The zero-order valence-corrected chi connectivity index (χ0v) is 19.6. The number of ether oxygens (including phenoxy) is 1. The molecule has 0 saturated carbocycles. The van der Waals surface area contributed by atoms with Crippen LogP contribution in [-0.4, -0.2) is 45.9 Å². The number of alkyl halides is 3. The van der Waals surface area contributed by atoms with Crippen LogP contribution in [0.25, 0.3) is 0 Å². The third kappa shape index (κ3) is 8.52. The fraction of sp³-hybridized carbons (Fsp3) is 0.375. The molecule has 0 radical (unpaired) electrons. The maximum Gasteiger partial charge on any atom is 0.416 e. The highest BCUT2D eigenvalue weighted by Gasteiger charge is 2.35. The Morgan fingerprint density at radius 3 is 2.14 bits per heavy atom. The van der Waals surface area contributed by atoms with Crippen LogP contribution in [0.4, 0.5) is 22.4 Å². The molecule has 12 heteroatoms. The Morgan fingerprint density at radius 1 is 1.00 bits per heavy atom. The maximum absolute atomic E-state index is 13.8. The minimum absolute atomic E-state index is 0.0788. The largest absolute Gasteiger partial charge is 0.479 e. The minimum atomic E-state index is -4.97. The number of hydrogen-bond donors (Lipinski definition) is 4. The van der Waals surface area contributed by atoms with Crippen LogP contribution in [0.5, 0.6) is 0 Å². The number of carboxylic acid groups (broad SMARTS) is 1. The average molecular weight is 514 g/mol. The molecule has 0 fully saturated rings. The van der Waals surface area contributed by atoms with Gasteiger partial charge in [-0.15, -0.1) is 0 Å². The first-order chi connectivity index (χ1) is 16.6. The van der Waals surface area contributed by atoms with Crippen LogP contribution in [0.15, 0.2) is 48.5 Å². The second-order valence-corrected chi connectivity index (χ2v) is 8.94. The van der Waals surface area contributed by atoms with Gasteiger partial charge >= 0.3 is 18.2 Å². The van der Waals surface area contributed by atoms with Crippen LogP contribution < -0.4 is 10.6 Å². The van der Waals surface area contributed by atoms with Crippen molar-refractivity contribution in [2.75, 3.05) is 0 Å². The fourth-order valence-corrected chi connectivity index (χ4v) is 3.21. The van der Waals surface area contributed by atoms with Gasteiger partial charge in [0.15, 0.2) is 12.1 Å². The molecule has 2 aromatic rings. The first-order valence-corrected chi connectivity index (χ1v) is 10.7. The van der Waals surface area contributed by atoms with Gasteiger partial charge in [-0.1, -0.05) is 30.3 Å². The molecule has 0 bridgehead atoms. The summed E-state index contributed by atoms with van der Waals surface area (Å²) in [5.74, 6) is -4.49. The van der Waals surface area contributed by atoms with Crippen LogP contribution in [0, 0.1) is 5.82 Å². The van der Waals surface area contributed by atoms with Gasteiger partial charge in [0, 0.05) is 0 Å². The summed E-state index contributed by atoms with van der Waals surface area (Å²) in [6.45, 7) is 4.77. The number of aliphatic carboxylic acids is 1. The summed E-state index contributed by atoms with van der Waals surface area (Å²) >= 11 is 0. The first-order valence-electron chi connectivity index (χ1n) is 10.7. The van der Waals surface area contributed by atoms with Crippen molar-refractivity contribution < 1.29 is 46.9 Å². The van der Waals surface area contributed by atoms with Crippen molar-refractivity contribution >= 4 is 18.0 Å². The van der Waals surface area contributed by atoms with E-state index in [9.17, 15) is 42.2 Å². The summed E-state index contributed by atoms with van der Waals surface area (Å²) in [5, 5.41) is 24.4. The average Bonchev–Trinajstić information content (AvgIpc) is 2.74. The lowest BCUT2D eigenvalue weighted by Crippen LogP contribution is -2.53. The molecular formula is C24H26F4N2O6. The third-order valence-electron chi connectivity index (χ3n) is 4.76. The van der Waals surface area contributed by atoms with Gasteiger partial charge in [-0.3, -0.25) is 4.79 Å². The number of nitrogens with one attached hydrogen (secondary N) is 2. The molecule has 0 aliphatic rings. The molecule has 0 unspecified atom stereocenters. The highest BCUT2D eigenvalue weighted by molar-refractivity contribution is 5.88. The summed E-state index contributed by atoms with van der Waals surface area (Å²) in [4.78, 5) is 36.8. The van der Waals surface area contributed by atoms with Gasteiger partial charge in [-0.2, -0.15) is 13.2 Å². The minimum Gasteiger partial charge on any atom is -0.479 e. The summed E-state index contributed by atoms with van der Waals surface area (Å²) in [5.41, 5.74) is -2.46. The first kappa shape index (κ1) is 28.6. The number of rotatable bonds is 8. The molecule has 3 atom stereocenters. The van der Waals surface area contributed by atoms with Crippen LogP contribution in [-0.2, 0) is 26.9 Å². The van der Waals surface area contributed by atoms with E-state index in [0.29, 0.717) is 17.7 Å². The van der Waals surface area contributed by atoms with E-state index in [0.717, 1.165) is 0 Å². The molecule has 4 N–H and O–H groups in total. The van der Waals surface area contributed by atoms with Crippen molar-refractivity contribution in [3.05, 3.63) is 71.0 Å². The molecule has 8 nitrogen and oxygen atoms in total. The Balaban J connectivity index is 2.31. The number of amides is 2. The van der Waals surface area contributed by atoms with Crippen molar-refractivity contribution in [2.24, 2.45) is 0 Å². The van der Waals surface area contributed by atoms with Crippen LogP contribution in [0.2, 0.25) is 0 Å². The standard InChI is InChI=1S/C24H26F4N2O6/c1-23(2,3)36-22(35)29-17(9-13-7-5-4-6-8-13)19(31)20(32)30-18(21(33)34)14-10-15(24(26,27)28)12-16(25)11-14/h4-8,10-12,17-19,31H,9H2,1-3H3,(H,29,35)(H,30,32)(H,33,34)/t17-,18-,19+/m1/s1. The Morgan fingerprint density at radius 2 is 1.61 bits per heavy atom. The zero-order valence-electron chi connectivity index (χ0n) is 19.6. The van der Waals surface area contributed by atoms with E-state index >= 15 is 0 Å². The van der Waals surface area contributed by atoms with E-state index in [4.69, 9.17) is 4.74 Å². The van der Waals surface area contributed by atoms with Crippen molar-refractivity contribution in [1.82, 2.24) is 10.6 Å². The van der Waals surface area contributed by atoms with E-state index in [1.165, 1.54) is 0 Å². The number of aliphatic hydroxyl groups excluding tert-OH is 1. The molecule has 0 aromatic heterocycles. The highest BCUT2D eigenvalue weighted by Crippen LogP contribution is 2.32. The van der Waals surface area contributed by atoms with Gasteiger partial charge in [-0.05, 0) is 56.5 Å². The number of hydrogen-bond acceptors (Lipinski definition) is 5. The molecule has 2 rings (SSSR count). The molecule has 196 valence electrons. The van der Waals surface area contributed by atoms with Crippen LogP contribution in [0.1, 0.15) is 43.5 Å². The molecule has 2 aromatic carbocycles. The molecule has 2 amide bonds. The fourth-order valence-electron chi connectivity index (χ4n) is 3.21. The van der Waals surface area contributed by atoms with Gasteiger partial charge in [-0.25, -0.2) is 14.0 Å². The van der Waals surface area contributed by atoms with Crippen LogP contribution >= 0.6 is 0 Å². The SMILES string of the molecule is CC(C)(C)OC(=O)N[C@H](Cc1ccccc1)[C@H](O)C(=O)N[C@@H](C(=O)O)c1cc(F)cc(C(F)(F)F)c1. The lowest BCUT2D eigenvalue weighted by Gasteiger charge is -2.27. The monoisotopic (exact) mass is 514 g/mol. The van der Waals surface area contributed by atoms with Crippen molar-refractivity contribution in [2.45, 2.75) is 57.2 Å². The van der Waals surface area contributed by atoms with E-state index in [-0.39, 0.29) is 12.5 Å². The smallest absolute Gasteiger partial charge is 0.416 e. The van der Waals surface area contributed by atoms with E-state index in [1.807, 2.05) is 5.32 Å². The predicted molar refractivity (Wildman–Crippen MR) is 119 cm³/mol. The summed E-state index contributed by atoms with van der Waals surface area (Å²) in [6.07, 6.45) is -8.06. The second kappa shape index (κ2) is 11.4. The normalized spacial score (nSPS) is 14.3. The Bertz CT molecular complexity index is 1090. The van der Waals surface area contributed by atoms with Gasteiger partial charge in [0.1, 0.15) is 11.4 Å². The summed E-state index contributed by atoms with van der Waals surface area (Å²) in [7, 11) is 0. The van der Waals surface area contributed by atoms with Gasteiger partial charge in [0.05, 0.1) is 11.6 Å². The predicted octanol–water partition coefficient (Wildman–Crippen LogP) is 3.58. The number of halogens is 4. The van der Waals surface area contributed by atoms with Crippen molar-refractivity contribution in [1.29, 1.82) is 0 Å². The van der Waals surface area contributed by atoms with E-state index in [2.05, 4.69) is 5.32 Å². The summed E-state index contributed by atoms with van der Waals surface area (Å²) < 4.78 is 58.1. The number of carbonyl (C=O) groups excluding carboxylic acids is 2. The maximum atomic E-state index is 13.8. The van der Waals surface area contributed by atoms with Crippen LogP contribution in [0.3, 0.4) is 0 Å². The van der Waals surface area contributed by atoms with Gasteiger partial charge in [0.2, 0.25) is 0 Å². The molecule has 0 saturated heterocycles. The lowest BCUT2D eigenvalue weighted by molar-refractivity contribution is -0.144. The molecule has 0 aliphatic carbocycles. The number of benzene rings is 2. The summed E-state index contributed by atoms with van der Waals surface area (Å²) in [6, 6.07) is 6.03. The highest BCUT2D eigenvalue weighted by atomic mass is 19.4. The van der Waals surface area contributed by atoms with Gasteiger partial charge < -0.3 is 25.6 Å². The Kier molecular flexibility index (Phi) is 9.03. The zero-order chi connectivity index (χ0) is 27.3. The second-order valence-electron chi connectivity index (χ2n) is 8.94. The number of carbonyl (C=O) groups is 3.